The number of carbonyl (C=O) groups is 2. The molecular formula is C20H25N3O3. The van der Waals surface area contributed by atoms with Gasteiger partial charge in [-0.05, 0) is 42.4 Å². The topological polar surface area (TPSA) is 70.7 Å². The fourth-order valence-electron chi connectivity index (χ4n) is 2.52. The molecule has 0 unspecified atom stereocenters. The number of ether oxygens (including phenoxy) is 1. The Morgan fingerprint density at radius 3 is 2.19 bits per heavy atom. The molecule has 0 aromatic heterocycles. The molecule has 0 aliphatic heterocycles. The van der Waals surface area contributed by atoms with Crippen molar-refractivity contribution in [2.24, 2.45) is 0 Å². The summed E-state index contributed by atoms with van der Waals surface area (Å²) in [6.45, 7) is 1.41. The summed E-state index contributed by atoms with van der Waals surface area (Å²) in [4.78, 5) is 25.6. The van der Waals surface area contributed by atoms with Gasteiger partial charge < -0.3 is 15.4 Å². The molecule has 2 aromatic rings. The lowest BCUT2D eigenvalue weighted by molar-refractivity contribution is -0.122. The Hall–Kier alpha value is -2.86. The maximum Gasteiger partial charge on any atom is 0.251 e. The zero-order valence-corrected chi connectivity index (χ0v) is 15.4. The van der Waals surface area contributed by atoms with Gasteiger partial charge in [-0.3, -0.25) is 14.5 Å². The van der Waals surface area contributed by atoms with Crippen LogP contribution in [0.3, 0.4) is 0 Å². The summed E-state index contributed by atoms with van der Waals surface area (Å²) < 4.78 is 5.11. The van der Waals surface area contributed by atoms with E-state index >= 15 is 0 Å². The SMILES string of the molecule is CNC(=O)c1ccc(CN(C)CC(=O)NCc2ccc(OC)cc2)cc1. The summed E-state index contributed by atoms with van der Waals surface area (Å²) >= 11 is 0. The number of likely N-dealkylation sites (N-methyl/N-ethyl adjacent to an activating group) is 1. The minimum Gasteiger partial charge on any atom is -0.497 e. The number of benzene rings is 2. The first-order chi connectivity index (χ1) is 12.5. The van der Waals surface area contributed by atoms with Crippen molar-refractivity contribution >= 4 is 11.8 Å². The molecule has 6 nitrogen and oxygen atoms in total. The highest BCUT2D eigenvalue weighted by Gasteiger charge is 2.08. The third kappa shape index (κ3) is 5.89. The summed E-state index contributed by atoms with van der Waals surface area (Å²) in [5, 5.41) is 5.50. The van der Waals surface area contributed by atoms with Crippen LogP contribution in [0, 0.1) is 0 Å². The first-order valence-corrected chi connectivity index (χ1v) is 8.41. The van der Waals surface area contributed by atoms with E-state index in [9.17, 15) is 9.59 Å². The Labute approximate surface area is 154 Å². The monoisotopic (exact) mass is 355 g/mol. The van der Waals surface area contributed by atoms with Gasteiger partial charge in [0, 0.05) is 25.7 Å². The molecule has 2 amide bonds. The van der Waals surface area contributed by atoms with Gasteiger partial charge in [0.25, 0.3) is 5.91 Å². The van der Waals surface area contributed by atoms with Gasteiger partial charge in [0.2, 0.25) is 5.91 Å². The van der Waals surface area contributed by atoms with Crippen molar-refractivity contribution in [2.45, 2.75) is 13.1 Å². The van der Waals surface area contributed by atoms with Crippen molar-refractivity contribution in [3.8, 4) is 5.75 Å². The lowest BCUT2D eigenvalue weighted by atomic mass is 10.1. The Morgan fingerprint density at radius 2 is 1.62 bits per heavy atom. The number of nitrogens with one attached hydrogen (secondary N) is 2. The molecule has 0 saturated carbocycles. The van der Waals surface area contributed by atoms with Crippen LogP contribution in [0.4, 0.5) is 0 Å². The first-order valence-electron chi connectivity index (χ1n) is 8.41. The molecular weight excluding hydrogens is 330 g/mol. The van der Waals surface area contributed by atoms with Gasteiger partial charge in [-0.15, -0.1) is 0 Å². The number of nitrogens with zero attached hydrogens (tertiary/aromatic N) is 1. The minimum absolute atomic E-state index is 0.0368. The summed E-state index contributed by atoms with van der Waals surface area (Å²) in [6, 6.07) is 15.0. The van der Waals surface area contributed by atoms with Gasteiger partial charge in [-0.25, -0.2) is 0 Å². The van der Waals surface area contributed by atoms with Crippen LogP contribution in [0.5, 0.6) is 5.75 Å². The lowest BCUT2D eigenvalue weighted by Gasteiger charge is -2.16. The highest BCUT2D eigenvalue weighted by molar-refractivity contribution is 5.93. The highest BCUT2D eigenvalue weighted by atomic mass is 16.5. The third-order valence-corrected chi connectivity index (χ3v) is 3.96. The zero-order valence-electron chi connectivity index (χ0n) is 15.4. The molecule has 0 fully saturated rings. The van der Waals surface area contributed by atoms with Crippen LogP contribution >= 0.6 is 0 Å². The number of hydrogen-bond donors (Lipinski definition) is 2. The van der Waals surface area contributed by atoms with Crippen LogP contribution < -0.4 is 15.4 Å². The predicted octanol–water partition coefficient (Wildman–Crippen LogP) is 1.80. The second-order valence-corrected chi connectivity index (χ2v) is 6.07. The highest BCUT2D eigenvalue weighted by Crippen LogP contribution is 2.11. The maximum atomic E-state index is 12.1. The molecule has 0 atom stereocenters. The van der Waals surface area contributed by atoms with Crippen molar-refractivity contribution in [2.75, 3.05) is 27.7 Å². The van der Waals surface area contributed by atoms with E-state index in [0.717, 1.165) is 16.9 Å². The van der Waals surface area contributed by atoms with Gasteiger partial charge in [0.15, 0.2) is 0 Å². The fraction of sp³-hybridized carbons (Fsp3) is 0.300. The molecule has 0 radical (unpaired) electrons. The quantitative estimate of drug-likeness (QED) is 0.758. The van der Waals surface area contributed by atoms with Crippen LogP contribution in [0.2, 0.25) is 0 Å². The molecule has 0 saturated heterocycles. The van der Waals surface area contributed by atoms with E-state index in [1.54, 1.807) is 26.3 Å². The molecule has 6 heteroatoms. The number of carbonyl (C=O) groups excluding carboxylic acids is 2. The summed E-state index contributed by atoms with van der Waals surface area (Å²) in [7, 11) is 5.12. The normalized spacial score (nSPS) is 10.5. The number of hydrogen-bond acceptors (Lipinski definition) is 4. The van der Waals surface area contributed by atoms with Crippen LogP contribution in [0.25, 0.3) is 0 Å². The van der Waals surface area contributed by atoms with Crippen molar-refractivity contribution in [1.29, 1.82) is 0 Å². The lowest BCUT2D eigenvalue weighted by Crippen LogP contribution is -2.34. The van der Waals surface area contributed by atoms with Crippen LogP contribution in [-0.4, -0.2) is 44.5 Å². The van der Waals surface area contributed by atoms with Crippen LogP contribution in [0.15, 0.2) is 48.5 Å². The van der Waals surface area contributed by atoms with Gasteiger partial charge in [0.1, 0.15) is 5.75 Å². The zero-order chi connectivity index (χ0) is 18.9. The van der Waals surface area contributed by atoms with E-state index in [0.29, 0.717) is 25.2 Å². The van der Waals surface area contributed by atoms with E-state index in [4.69, 9.17) is 4.74 Å². The van der Waals surface area contributed by atoms with Gasteiger partial charge in [0.05, 0.1) is 13.7 Å². The van der Waals surface area contributed by atoms with Crippen molar-refractivity contribution in [3.63, 3.8) is 0 Å². The van der Waals surface area contributed by atoms with E-state index in [2.05, 4.69) is 10.6 Å². The maximum absolute atomic E-state index is 12.1. The standard InChI is InChI=1S/C20H25N3O3/c1-21-20(25)17-8-4-16(5-9-17)13-23(2)14-19(24)22-12-15-6-10-18(26-3)11-7-15/h4-11H,12-14H2,1-3H3,(H,21,25)(H,22,24). The van der Waals surface area contributed by atoms with Gasteiger partial charge in [-0.1, -0.05) is 24.3 Å². The van der Waals surface area contributed by atoms with Crippen molar-refractivity contribution in [3.05, 3.63) is 65.2 Å². The summed E-state index contributed by atoms with van der Waals surface area (Å²) in [6.07, 6.45) is 0. The molecule has 0 heterocycles. The molecule has 2 aromatic carbocycles. The van der Waals surface area contributed by atoms with Gasteiger partial charge >= 0.3 is 0 Å². The Morgan fingerprint density at radius 1 is 1.00 bits per heavy atom. The fourth-order valence-corrected chi connectivity index (χ4v) is 2.52. The molecule has 26 heavy (non-hydrogen) atoms. The smallest absolute Gasteiger partial charge is 0.251 e. The van der Waals surface area contributed by atoms with E-state index in [1.165, 1.54) is 0 Å². The largest absolute Gasteiger partial charge is 0.497 e. The van der Waals surface area contributed by atoms with Gasteiger partial charge in [-0.2, -0.15) is 0 Å². The minimum atomic E-state index is -0.109. The van der Waals surface area contributed by atoms with Crippen LogP contribution in [-0.2, 0) is 17.9 Å². The molecule has 0 aliphatic rings. The average molecular weight is 355 g/mol. The third-order valence-electron chi connectivity index (χ3n) is 3.96. The van der Waals surface area contributed by atoms with Crippen LogP contribution in [0.1, 0.15) is 21.5 Å². The molecule has 0 spiro atoms. The number of amides is 2. The Kier molecular flexibility index (Phi) is 7.17. The van der Waals surface area contributed by atoms with E-state index in [1.807, 2.05) is 48.3 Å². The molecule has 2 N–H and O–H groups in total. The summed E-state index contributed by atoms with van der Waals surface area (Å²) in [5.74, 6) is 0.648. The summed E-state index contributed by atoms with van der Waals surface area (Å²) in [5.41, 5.74) is 2.69. The van der Waals surface area contributed by atoms with E-state index < -0.39 is 0 Å². The average Bonchev–Trinajstić information content (AvgIpc) is 2.66. The molecule has 0 aliphatic carbocycles. The second-order valence-electron chi connectivity index (χ2n) is 6.07. The number of rotatable bonds is 8. The second kappa shape index (κ2) is 9.58. The number of methoxy groups -OCH3 is 1. The van der Waals surface area contributed by atoms with Crippen molar-refractivity contribution in [1.82, 2.24) is 15.5 Å². The molecule has 2 rings (SSSR count). The molecule has 138 valence electrons. The van der Waals surface area contributed by atoms with Crippen molar-refractivity contribution < 1.29 is 14.3 Å². The first kappa shape index (κ1) is 19.5. The Balaban J connectivity index is 1.78. The van der Waals surface area contributed by atoms with E-state index in [-0.39, 0.29) is 11.8 Å². The predicted molar refractivity (Wildman–Crippen MR) is 101 cm³/mol. The molecule has 0 bridgehead atoms. The Bertz CT molecular complexity index is 727.